The average Bonchev–Trinajstić information content (AvgIpc) is 3.17. The molecule has 3 aromatic carbocycles. The number of aromatic nitrogens is 1. The second-order valence-corrected chi connectivity index (χ2v) is 9.17. The minimum Gasteiger partial charge on any atom is -0.411 e. The van der Waals surface area contributed by atoms with Crippen LogP contribution in [0.2, 0.25) is 0 Å². The first kappa shape index (κ1) is 21.4. The summed E-state index contributed by atoms with van der Waals surface area (Å²) in [5, 5.41) is 15.8. The fourth-order valence-corrected chi connectivity index (χ4v) is 5.48. The monoisotopic (exact) mass is 438 g/mol. The van der Waals surface area contributed by atoms with Crippen molar-refractivity contribution < 1.29 is 10.0 Å². The third-order valence-corrected chi connectivity index (χ3v) is 7.23. The molecule has 0 aliphatic heterocycles. The van der Waals surface area contributed by atoms with Crippen molar-refractivity contribution in [2.45, 2.75) is 52.5 Å². The van der Waals surface area contributed by atoms with E-state index in [9.17, 15) is 10.0 Å². The van der Waals surface area contributed by atoms with Gasteiger partial charge in [0, 0.05) is 51.0 Å². The van der Waals surface area contributed by atoms with E-state index < -0.39 is 0 Å². The average molecular weight is 439 g/mol. The molecule has 5 rings (SSSR count). The van der Waals surface area contributed by atoms with Crippen molar-refractivity contribution in [2.24, 2.45) is 11.1 Å². The van der Waals surface area contributed by atoms with E-state index in [-0.39, 0.29) is 5.78 Å². The van der Waals surface area contributed by atoms with E-state index >= 15 is 0 Å². The number of nitrogens with zero attached hydrogens (tertiary/aromatic N) is 2. The number of carbonyl (C=O) groups excluding carboxylic acids is 1. The van der Waals surface area contributed by atoms with Crippen LogP contribution in [-0.2, 0) is 6.54 Å². The number of rotatable bonds is 5. The van der Waals surface area contributed by atoms with Gasteiger partial charge in [0.25, 0.3) is 0 Å². The number of hydrogen-bond donors (Lipinski definition) is 1. The molecule has 4 heteroatoms. The molecule has 1 N–H and O–H groups in total. The van der Waals surface area contributed by atoms with Crippen LogP contribution >= 0.6 is 0 Å². The van der Waals surface area contributed by atoms with Crippen LogP contribution in [0, 0.1) is 12.8 Å². The van der Waals surface area contributed by atoms with Crippen molar-refractivity contribution in [1.29, 1.82) is 0 Å². The lowest BCUT2D eigenvalue weighted by molar-refractivity contribution is 0.103. The van der Waals surface area contributed by atoms with Gasteiger partial charge in [-0.3, -0.25) is 4.79 Å². The number of benzene rings is 3. The first-order valence-corrected chi connectivity index (χ1v) is 12.0. The zero-order valence-corrected chi connectivity index (χ0v) is 19.3. The van der Waals surface area contributed by atoms with Crippen LogP contribution < -0.4 is 0 Å². The highest BCUT2D eigenvalue weighted by Crippen LogP contribution is 2.34. The molecule has 1 heterocycles. The van der Waals surface area contributed by atoms with Gasteiger partial charge in [0.05, 0.1) is 5.71 Å². The summed E-state index contributed by atoms with van der Waals surface area (Å²) in [6, 6.07) is 20.1. The molecule has 0 unspecified atom stereocenters. The molecule has 0 bridgehead atoms. The van der Waals surface area contributed by atoms with Crippen LogP contribution in [0.15, 0.2) is 65.8 Å². The standard InChI is InChI=1S/C29H30N2O2/c1-3-31-26-15-13-21(28(30-33)20-10-5-4-6-11-20)17-24(26)25-18-22(14-16-27(25)31)29(32)23-12-8-7-9-19(23)2/h7-9,12-18,20,33H,3-6,10-11H2,1-2H3/b30-28+. The van der Waals surface area contributed by atoms with Gasteiger partial charge >= 0.3 is 0 Å². The largest absolute Gasteiger partial charge is 0.411 e. The van der Waals surface area contributed by atoms with E-state index in [1.807, 2.05) is 43.3 Å². The summed E-state index contributed by atoms with van der Waals surface area (Å²) in [4.78, 5) is 13.3. The molecule has 0 saturated heterocycles. The maximum absolute atomic E-state index is 13.3. The van der Waals surface area contributed by atoms with Gasteiger partial charge in [-0.2, -0.15) is 0 Å². The normalized spacial score (nSPS) is 15.4. The molecule has 33 heavy (non-hydrogen) atoms. The maximum atomic E-state index is 13.3. The zero-order valence-electron chi connectivity index (χ0n) is 19.3. The van der Waals surface area contributed by atoms with Crippen molar-refractivity contribution in [3.05, 3.63) is 82.9 Å². The number of oxime groups is 1. The van der Waals surface area contributed by atoms with Crippen LogP contribution in [0.25, 0.3) is 21.8 Å². The Hall–Kier alpha value is -3.40. The van der Waals surface area contributed by atoms with Crippen LogP contribution in [0.3, 0.4) is 0 Å². The second kappa shape index (κ2) is 8.86. The zero-order chi connectivity index (χ0) is 22.9. The first-order chi connectivity index (χ1) is 16.1. The lowest BCUT2D eigenvalue weighted by Gasteiger charge is -2.22. The van der Waals surface area contributed by atoms with Crippen LogP contribution in [-0.4, -0.2) is 21.3 Å². The Morgan fingerprint density at radius 1 is 0.939 bits per heavy atom. The Balaban J connectivity index is 1.65. The predicted octanol–water partition coefficient (Wildman–Crippen LogP) is 7.11. The summed E-state index contributed by atoms with van der Waals surface area (Å²) in [7, 11) is 0. The fourth-order valence-electron chi connectivity index (χ4n) is 5.48. The second-order valence-electron chi connectivity index (χ2n) is 9.17. The topological polar surface area (TPSA) is 54.6 Å². The quantitative estimate of drug-likeness (QED) is 0.156. The summed E-state index contributed by atoms with van der Waals surface area (Å²) in [6.45, 7) is 4.96. The van der Waals surface area contributed by atoms with Gasteiger partial charge in [-0.15, -0.1) is 0 Å². The molecule has 0 radical (unpaired) electrons. The number of aryl methyl sites for hydroxylation is 2. The van der Waals surface area contributed by atoms with E-state index in [0.717, 1.165) is 63.6 Å². The Morgan fingerprint density at radius 2 is 1.58 bits per heavy atom. The van der Waals surface area contributed by atoms with E-state index in [2.05, 4.69) is 40.9 Å². The van der Waals surface area contributed by atoms with Gasteiger partial charge in [0.2, 0.25) is 0 Å². The SMILES string of the molecule is CCn1c2ccc(C(=O)c3ccccc3C)cc2c2cc(/C(=N/O)C3CCCCC3)ccc21. The third kappa shape index (κ3) is 3.74. The highest BCUT2D eigenvalue weighted by atomic mass is 16.4. The molecule has 4 aromatic rings. The lowest BCUT2D eigenvalue weighted by Crippen LogP contribution is -2.19. The lowest BCUT2D eigenvalue weighted by atomic mass is 9.83. The summed E-state index contributed by atoms with van der Waals surface area (Å²) in [5.74, 6) is 0.349. The minimum absolute atomic E-state index is 0.0448. The fraction of sp³-hybridized carbons (Fsp3) is 0.310. The molecule has 1 aromatic heterocycles. The van der Waals surface area contributed by atoms with Crippen LogP contribution in [0.4, 0.5) is 0 Å². The Kier molecular flexibility index (Phi) is 5.76. The number of carbonyl (C=O) groups is 1. The minimum atomic E-state index is 0.0448. The van der Waals surface area contributed by atoms with E-state index in [4.69, 9.17) is 0 Å². The molecule has 0 atom stereocenters. The van der Waals surface area contributed by atoms with Crippen molar-refractivity contribution >= 4 is 33.3 Å². The molecule has 4 nitrogen and oxygen atoms in total. The number of fused-ring (bicyclic) bond motifs is 3. The Labute approximate surface area is 194 Å². The first-order valence-electron chi connectivity index (χ1n) is 12.0. The molecular formula is C29H30N2O2. The van der Waals surface area contributed by atoms with Gasteiger partial charge in [-0.1, -0.05) is 54.8 Å². The molecule has 0 spiro atoms. The molecular weight excluding hydrogens is 408 g/mol. The van der Waals surface area contributed by atoms with E-state index in [1.54, 1.807) is 0 Å². The van der Waals surface area contributed by atoms with Gasteiger partial charge in [-0.25, -0.2) is 0 Å². The number of hydrogen-bond acceptors (Lipinski definition) is 3. The summed E-state index contributed by atoms with van der Waals surface area (Å²) in [6.07, 6.45) is 5.78. The summed E-state index contributed by atoms with van der Waals surface area (Å²) >= 11 is 0. The van der Waals surface area contributed by atoms with Crippen molar-refractivity contribution in [3.63, 3.8) is 0 Å². The van der Waals surface area contributed by atoms with Crippen molar-refractivity contribution in [1.82, 2.24) is 4.57 Å². The van der Waals surface area contributed by atoms with Crippen LogP contribution in [0.1, 0.15) is 66.1 Å². The van der Waals surface area contributed by atoms with Gasteiger partial charge < -0.3 is 9.77 Å². The molecule has 1 aliphatic rings. The summed E-state index contributed by atoms with van der Waals surface area (Å²) in [5.41, 5.74) is 6.44. The molecule has 0 amide bonds. The predicted molar refractivity (Wildman–Crippen MR) is 135 cm³/mol. The van der Waals surface area contributed by atoms with Crippen molar-refractivity contribution in [3.8, 4) is 0 Å². The van der Waals surface area contributed by atoms with E-state index in [1.165, 1.54) is 19.3 Å². The van der Waals surface area contributed by atoms with Gasteiger partial charge in [0.1, 0.15) is 0 Å². The highest BCUT2D eigenvalue weighted by molar-refractivity contribution is 6.16. The molecule has 1 aliphatic carbocycles. The molecule has 1 saturated carbocycles. The summed E-state index contributed by atoms with van der Waals surface area (Å²) < 4.78 is 2.28. The highest BCUT2D eigenvalue weighted by Gasteiger charge is 2.23. The van der Waals surface area contributed by atoms with Crippen molar-refractivity contribution in [2.75, 3.05) is 0 Å². The third-order valence-electron chi connectivity index (χ3n) is 7.23. The van der Waals surface area contributed by atoms with Gasteiger partial charge in [-0.05, 0) is 62.6 Å². The molecule has 1 fully saturated rings. The number of ketones is 1. The van der Waals surface area contributed by atoms with Crippen LogP contribution in [0.5, 0.6) is 0 Å². The molecule has 168 valence electrons. The smallest absolute Gasteiger partial charge is 0.193 e. The Morgan fingerprint density at radius 3 is 2.21 bits per heavy atom. The van der Waals surface area contributed by atoms with Gasteiger partial charge in [0.15, 0.2) is 5.78 Å². The maximum Gasteiger partial charge on any atom is 0.193 e. The Bertz CT molecular complexity index is 1370. The van der Waals surface area contributed by atoms with E-state index in [0.29, 0.717) is 11.5 Å².